The largest absolute Gasteiger partial charge is 0.316 e. The van der Waals surface area contributed by atoms with Gasteiger partial charge in [-0.1, -0.05) is 42.5 Å². The van der Waals surface area contributed by atoms with E-state index in [9.17, 15) is 0 Å². The van der Waals surface area contributed by atoms with E-state index in [-0.39, 0.29) is 0 Å². The van der Waals surface area contributed by atoms with Crippen LogP contribution in [0.3, 0.4) is 0 Å². The van der Waals surface area contributed by atoms with Gasteiger partial charge in [-0.05, 0) is 37.2 Å². The van der Waals surface area contributed by atoms with E-state index >= 15 is 0 Å². The van der Waals surface area contributed by atoms with E-state index < -0.39 is 0 Å². The lowest BCUT2D eigenvalue weighted by atomic mass is 10.2. The molecule has 0 aliphatic carbocycles. The van der Waals surface area contributed by atoms with Gasteiger partial charge >= 0.3 is 0 Å². The Labute approximate surface area is 114 Å². The molecule has 0 saturated carbocycles. The Bertz CT molecular complexity index is 481. The van der Waals surface area contributed by atoms with Crippen LogP contribution in [0, 0.1) is 0 Å². The van der Waals surface area contributed by atoms with Crippen LogP contribution in [0.2, 0.25) is 0 Å². The average molecular weight is 257 g/mol. The molecule has 2 rings (SSSR count). The van der Waals surface area contributed by atoms with Crippen LogP contribution in [0.1, 0.15) is 23.3 Å². The summed E-state index contributed by atoms with van der Waals surface area (Å²) < 4.78 is 0. The zero-order chi connectivity index (χ0) is 12.8. The molecule has 0 aliphatic rings. The first-order valence-corrected chi connectivity index (χ1v) is 7.12. The van der Waals surface area contributed by atoms with Crippen LogP contribution >= 0.6 is 11.8 Å². The third kappa shape index (κ3) is 3.62. The molecule has 2 aromatic carbocycles. The number of rotatable bonds is 5. The second-order valence-electron chi connectivity index (χ2n) is 4.35. The first kappa shape index (κ1) is 13.2. The number of thioether (sulfide) groups is 1. The van der Waals surface area contributed by atoms with Crippen LogP contribution in [-0.4, -0.2) is 7.05 Å². The third-order valence-electron chi connectivity index (χ3n) is 2.86. The van der Waals surface area contributed by atoms with Crippen molar-refractivity contribution in [2.45, 2.75) is 23.6 Å². The van der Waals surface area contributed by atoms with Gasteiger partial charge in [0.05, 0.1) is 0 Å². The summed E-state index contributed by atoms with van der Waals surface area (Å²) in [6.45, 7) is 3.18. The maximum absolute atomic E-state index is 3.19. The summed E-state index contributed by atoms with van der Waals surface area (Å²) in [7, 11) is 1.98. The molecule has 18 heavy (non-hydrogen) atoms. The minimum Gasteiger partial charge on any atom is -0.316 e. The molecule has 1 nitrogen and oxygen atoms in total. The van der Waals surface area contributed by atoms with E-state index in [2.05, 4.69) is 66.8 Å². The summed E-state index contributed by atoms with van der Waals surface area (Å²) in [4.78, 5) is 1.33. The number of nitrogens with one attached hydrogen (secondary N) is 1. The van der Waals surface area contributed by atoms with Gasteiger partial charge < -0.3 is 5.32 Å². The molecule has 0 amide bonds. The first-order chi connectivity index (χ1) is 8.79. The second-order valence-corrected chi connectivity index (χ2v) is 5.76. The standard InChI is InChI=1S/C16H19NS/c1-13(15-8-4-3-5-9-15)18-16-10-6-7-14(11-16)12-17-2/h3-11,13,17H,12H2,1-2H3. The Kier molecular flexibility index (Phi) is 4.85. The van der Waals surface area contributed by atoms with Crippen molar-refractivity contribution in [2.24, 2.45) is 0 Å². The lowest BCUT2D eigenvalue weighted by molar-refractivity contribution is 0.815. The molecule has 0 spiro atoms. The Hall–Kier alpha value is -1.25. The summed E-state index contributed by atoms with van der Waals surface area (Å²) in [5, 5.41) is 3.67. The lowest BCUT2D eigenvalue weighted by Crippen LogP contribution is -2.04. The van der Waals surface area contributed by atoms with Crippen LogP contribution in [0.4, 0.5) is 0 Å². The van der Waals surface area contributed by atoms with Crippen LogP contribution in [-0.2, 0) is 6.54 Å². The molecule has 0 bridgehead atoms. The molecule has 0 radical (unpaired) electrons. The van der Waals surface area contributed by atoms with E-state index in [1.54, 1.807) is 0 Å². The summed E-state index contributed by atoms with van der Waals surface area (Å²) in [5.41, 5.74) is 2.71. The molecule has 0 heterocycles. The Morgan fingerprint density at radius 3 is 2.56 bits per heavy atom. The highest BCUT2D eigenvalue weighted by Crippen LogP contribution is 2.34. The van der Waals surface area contributed by atoms with Crippen molar-refractivity contribution in [1.29, 1.82) is 0 Å². The molecule has 0 aliphatic heterocycles. The number of hydrogen-bond acceptors (Lipinski definition) is 2. The maximum Gasteiger partial charge on any atom is 0.0316 e. The molecule has 94 valence electrons. The lowest BCUT2D eigenvalue weighted by Gasteiger charge is -2.12. The smallest absolute Gasteiger partial charge is 0.0316 e. The van der Waals surface area contributed by atoms with Crippen LogP contribution in [0.15, 0.2) is 59.5 Å². The fourth-order valence-corrected chi connectivity index (χ4v) is 3.01. The van der Waals surface area contributed by atoms with Gasteiger partial charge in [0.15, 0.2) is 0 Å². The molecule has 1 unspecified atom stereocenters. The SMILES string of the molecule is CNCc1cccc(SC(C)c2ccccc2)c1. The molecular weight excluding hydrogens is 238 g/mol. The summed E-state index contributed by atoms with van der Waals surface area (Å²) >= 11 is 1.91. The molecular formula is C16H19NS. The molecule has 2 aromatic rings. The zero-order valence-electron chi connectivity index (χ0n) is 10.9. The Morgan fingerprint density at radius 1 is 1.06 bits per heavy atom. The van der Waals surface area contributed by atoms with Crippen LogP contribution in [0.25, 0.3) is 0 Å². The van der Waals surface area contributed by atoms with Crippen molar-refractivity contribution >= 4 is 11.8 Å². The molecule has 0 fully saturated rings. The Balaban J connectivity index is 2.07. The van der Waals surface area contributed by atoms with E-state index in [4.69, 9.17) is 0 Å². The predicted molar refractivity (Wildman–Crippen MR) is 79.9 cm³/mol. The van der Waals surface area contributed by atoms with Gasteiger partial charge in [-0.25, -0.2) is 0 Å². The van der Waals surface area contributed by atoms with Crippen molar-refractivity contribution in [2.75, 3.05) is 7.05 Å². The van der Waals surface area contributed by atoms with Gasteiger partial charge in [-0.15, -0.1) is 11.8 Å². The third-order valence-corrected chi connectivity index (χ3v) is 4.01. The van der Waals surface area contributed by atoms with Gasteiger partial charge in [0.2, 0.25) is 0 Å². The topological polar surface area (TPSA) is 12.0 Å². The van der Waals surface area contributed by atoms with Gasteiger partial charge in [-0.2, -0.15) is 0 Å². The van der Waals surface area contributed by atoms with Crippen molar-refractivity contribution in [1.82, 2.24) is 5.32 Å². The fraction of sp³-hybridized carbons (Fsp3) is 0.250. The molecule has 1 N–H and O–H groups in total. The van der Waals surface area contributed by atoms with Gasteiger partial charge in [0, 0.05) is 16.7 Å². The van der Waals surface area contributed by atoms with Crippen LogP contribution < -0.4 is 5.32 Å². The van der Waals surface area contributed by atoms with Gasteiger partial charge in [0.25, 0.3) is 0 Å². The van der Waals surface area contributed by atoms with Crippen molar-refractivity contribution < 1.29 is 0 Å². The van der Waals surface area contributed by atoms with E-state index in [0.717, 1.165) is 6.54 Å². The highest BCUT2D eigenvalue weighted by molar-refractivity contribution is 7.99. The van der Waals surface area contributed by atoms with Gasteiger partial charge in [-0.3, -0.25) is 0 Å². The number of benzene rings is 2. The number of hydrogen-bond donors (Lipinski definition) is 1. The Morgan fingerprint density at radius 2 is 1.83 bits per heavy atom. The van der Waals surface area contributed by atoms with Crippen molar-refractivity contribution in [3.05, 3.63) is 65.7 Å². The summed E-state index contributed by atoms with van der Waals surface area (Å²) in [6.07, 6.45) is 0. The van der Waals surface area contributed by atoms with Crippen molar-refractivity contribution in [3.8, 4) is 0 Å². The molecule has 2 heteroatoms. The highest BCUT2D eigenvalue weighted by Gasteiger charge is 2.06. The highest BCUT2D eigenvalue weighted by atomic mass is 32.2. The minimum absolute atomic E-state index is 0.482. The first-order valence-electron chi connectivity index (χ1n) is 6.25. The fourth-order valence-electron chi connectivity index (χ4n) is 1.93. The zero-order valence-corrected chi connectivity index (χ0v) is 11.7. The summed E-state index contributed by atoms with van der Waals surface area (Å²) in [5.74, 6) is 0. The van der Waals surface area contributed by atoms with E-state index in [1.165, 1.54) is 16.0 Å². The van der Waals surface area contributed by atoms with Gasteiger partial charge in [0.1, 0.15) is 0 Å². The van der Waals surface area contributed by atoms with Crippen molar-refractivity contribution in [3.63, 3.8) is 0 Å². The quantitative estimate of drug-likeness (QED) is 0.803. The molecule has 0 aromatic heterocycles. The minimum atomic E-state index is 0.482. The van der Waals surface area contributed by atoms with Crippen LogP contribution in [0.5, 0.6) is 0 Å². The summed E-state index contributed by atoms with van der Waals surface area (Å²) in [6, 6.07) is 19.4. The normalized spacial score (nSPS) is 12.3. The van der Waals surface area contributed by atoms with E-state index in [1.807, 2.05) is 18.8 Å². The molecule has 1 atom stereocenters. The predicted octanol–water partition coefficient (Wildman–Crippen LogP) is 4.26. The van der Waals surface area contributed by atoms with E-state index in [0.29, 0.717) is 5.25 Å². The molecule has 0 saturated heterocycles. The monoisotopic (exact) mass is 257 g/mol. The maximum atomic E-state index is 3.19. The second kappa shape index (κ2) is 6.62. The average Bonchev–Trinajstić information content (AvgIpc) is 2.40.